The summed E-state index contributed by atoms with van der Waals surface area (Å²) in [5.74, 6) is 0.487. The van der Waals surface area contributed by atoms with Gasteiger partial charge in [-0.3, -0.25) is 0 Å². The zero-order chi connectivity index (χ0) is 8.48. The second-order valence-electron chi connectivity index (χ2n) is 1.91. The van der Waals surface area contributed by atoms with Crippen molar-refractivity contribution in [2.24, 2.45) is 4.99 Å². The number of nitrogens with zero attached hydrogens (tertiary/aromatic N) is 1. The van der Waals surface area contributed by atoms with Gasteiger partial charge in [0.05, 0.1) is 4.91 Å². The maximum Gasteiger partial charge on any atom is 0.229 e. The molecule has 0 aromatic rings. The molecule has 0 saturated carbocycles. The van der Waals surface area contributed by atoms with Crippen LogP contribution in [0.3, 0.4) is 0 Å². The molecule has 11 heavy (non-hydrogen) atoms. The first-order chi connectivity index (χ1) is 5.09. The summed E-state index contributed by atoms with van der Waals surface area (Å²) in [6, 6.07) is 0. The van der Waals surface area contributed by atoms with Gasteiger partial charge in [-0.15, -0.1) is 0 Å². The summed E-state index contributed by atoms with van der Waals surface area (Å²) < 4.78 is 22.5. The van der Waals surface area contributed by atoms with E-state index in [0.29, 0.717) is 10.7 Å². The van der Waals surface area contributed by atoms with Gasteiger partial charge < -0.3 is 0 Å². The van der Waals surface area contributed by atoms with Crippen molar-refractivity contribution in [3.8, 4) is 0 Å². The zero-order valence-corrected chi connectivity index (χ0v) is 8.96. The third kappa shape index (κ3) is 1.68. The fraction of sp³-hybridized carbons (Fsp3) is 0.400. The molecule has 0 aromatic heterocycles. The Morgan fingerprint density at radius 2 is 2.36 bits per heavy atom. The van der Waals surface area contributed by atoms with E-state index in [1.165, 1.54) is 18.0 Å². The van der Waals surface area contributed by atoms with E-state index in [2.05, 4.69) is 20.9 Å². The van der Waals surface area contributed by atoms with Gasteiger partial charge in [-0.25, -0.2) is 13.4 Å². The van der Waals surface area contributed by atoms with E-state index in [1.807, 2.05) is 6.26 Å². The van der Waals surface area contributed by atoms with Crippen LogP contribution in [0.15, 0.2) is 16.1 Å². The minimum atomic E-state index is -3.22. The third-order valence-corrected chi connectivity index (χ3v) is 4.92. The Morgan fingerprint density at radius 1 is 1.73 bits per heavy atom. The fourth-order valence-electron chi connectivity index (χ4n) is 0.627. The Morgan fingerprint density at radius 3 is 2.73 bits per heavy atom. The van der Waals surface area contributed by atoms with Crippen LogP contribution in [0.2, 0.25) is 0 Å². The standard InChI is InChI=1S/C5H6BrNO2S2/c1-10-3-4-2-7-5(6)11(4,8)9/h2H,3H2,1H3. The lowest BCUT2D eigenvalue weighted by Crippen LogP contribution is -2.07. The molecule has 0 atom stereocenters. The van der Waals surface area contributed by atoms with E-state index < -0.39 is 9.84 Å². The molecule has 3 nitrogen and oxygen atoms in total. The minimum Gasteiger partial charge on any atom is -0.236 e. The molecule has 0 saturated heterocycles. The van der Waals surface area contributed by atoms with E-state index in [4.69, 9.17) is 0 Å². The van der Waals surface area contributed by atoms with Crippen molar-refractivity contribution in [2.45, 2.75) is 0 Å². The Balaban J connectivity index is 2.93. The third-order valence-electron chi connectivity index (χ3n) is 1.16. The minimum absolute atomic E-state index is 0.0223. The van der Waals surface area contributed by atoms with Crippen LogP contribution in [0.1, 0.15) is 0 Å². The zero-order valence-electron chi connectivity index (χ0n) is 5.74. The average Bonchev–Trinajstić information content (AvgIpc) is 2.16. The summed E-state index contributed by atoms with van der Waals surface area (Å²) in [6.45, 7) is 0. The van der Waals surface area contributed by atoms with Gasteiger partial charge in [0.1, 0.15) is 0 Å². The van der Waals surface area contributed by atoms with E-state index >= 15 is 0 Å². The van der Waals surface area contributed by atoms with Crippen molar-refractivity contribution >= 4 is 41.5 Å². The van der Waals surface area contributed by atoms with Crippen molar-refractivity contribution in [3.05, 3.63) is 11.1 Å². The number of rotatable bonds is 2. The molecular formula is C5H6BrNO2S2. The second kappa shape index (κ2) is 3.28. The molecular weight excluding hydrogens is 250 g/mol. The largest absolute Gasteiger partial charge is 0.236 e. The molecule has 0 radical (unpaired) electrons. The first-order valence-corrected chi connectivity index (χ1v) is 6.42. The van der Waals surface area contributed by atoms with Crippen molar-refractivity contribution in [2.75, 3.05) is 12.0 Å². The molecule has 0 aliphatic carbocycles. The molecule has 0 amide bonds. The van der Waals surface area contributed by atoms with Gasteiger partial charge in [0.2, 0.25) is 13.8 Å². The lowest BCUT2D eigenvalue weighted by molar-refractivity contribution is 0.614. The summed E-state index contributed by atoms with van der Waals surface area (Å²) in [7, 11) is -3.22. The topological polar surface area (TPSA) is 46.5 Å². The van der Waals surface area contributed by atoms with Crippen LogP contribution in [0, 0.1) is 0 Å². The first-order valence-electron chi connectivity index (χ1n) is 2.75. The Labute approximate surface area is 78.0 Å². The Bertz CT molecular complexity index is 317. The Hall–Kier alpha value is 0.190. The highest BCUT2D eigenvalue weighted by atomic mass is 79.9. The van der Waals surface area contributed by atoms with Crippen molar-refractivity contribution < 1.29 is 8.42 Å². The summed E-state index contributed by atoms with van der Waals surface area (Å²) in [4.78, 5) is 4.03. The average molecular weight is 256 g/mol. The lowest BCUT2D eigenvalue weighted by Gasteiger charge is -1.97. The van der Waals surface area contributed by atoms with E-state index in [1.54, 1.807) is 0 Å². The van der Waals surface area contributed by atoms with Crippen LogP contribution in [-0.4, -0.2) is 24.4 Å². The SMILES string of the molecule is CSCC1=CN=C(Br)S1(=O)=O. The number of hydrogen-bond donors (Lipinski definition) is 0. The van der Waals surface area contributed by atoms with Crippen molar-refractivity contribution in [3.63, 3.8) is 0 Å². The van der Waals surface area contributed by atoms with Gasteiger partial charge in [-0.1, -0.05) is 0 Å². The lowest BCUT2D eigenvalue weighted by atomic mass is 10.7. The molecule has 0 spiro atoms. The van der Waals surface area contributed by atoms with Gasteiger partial charge in [0.25, 0.3) is 0 Å². The molecule has 62 valence electrons. The number of hydrogen-bond acceptors (Lipinski definition) is 4. The van der Waals surface area contributed by atoms with Crippen LogP contribution in [0.4, 0.5) is 0 Å². The predicted octanol–water partition coefficient (Wildman–Crippen LogP) is 1.37. The maximum atomic E-state index is 11.2. The molecule has 0 unspecified atom stereocenters. The van der Waals surface area contributed by atoms with Gasteiger partial charge in [0, 0.05) is 12.0 Å². The summed E-state index contributed by atoms with van der Waals surface area (Å²) in [5.41, 5.74) is 0. The molecule has 1 aliphatic heterocycles. The Kier molecular flexibility index (Phi) is 2.77. The van der Waals surface area contributed by atoms with Gasteiger partial charge in [0.15, 0.2) is 0 Å². The predicted molar refractivity (Wildman–Crippen MR) is 51.7 cm³/mol. The molecule has 1 aliphatic rings. The highest BCUT2D eigenvalue weighted by Gasteiger charge is 2.26. The number of halogens is 1. The molecule has 0 N–H and O–H groups in total. The van der Waals surface area contributed by atoms with Crippen molar-refractivity contribution in [1.29, 1.82) is 0 Å². The summed E-state index contributed by atoms with van der Waals surface area (Å²) in [5, 5.41) is 0. The maximum absolute atomic E-state index is 11.2. The van der Waals surface area contributed by atoms with E-state index in [0.717, 1.165) is 0 Å². The monoisotopic (exact) mass is 255 g/mol. The summed E-state index contributed by atoms with van der Waals surface area (Å²) >= 11 is 4.33. The molecule has 1 rings (SSSR count). The van der Waals surface area contributed by atoms with Gasteiger partial charge in [-0.05, 0) is 22.2 Å². The van der Waals surface area contributed by atoms with E-state index in [-0.39, 0.29) is 3.95 Å². The second-order valence-corrected chi connectivity index (χ2v) is 5.97. The molecule has 0 fully saturated rings. The fourth-order valence-corrected chi connectivity index (χ4v) is 3.29. The van der Waals surface area contributed by atoms with E-state index in [9.17, 15) is 8.42 Å². The van der Waals surface area contributed by atoms with Gasteiger partial charge in [-0.2, -0.15) is 11.8 Å². The van der Waals surface area contributed by atoms with Crippen LogP contribution < -0.4 is 0 Å². The normalized spacial score (nSPS) is 21.3. The highest BCUT2D eigenvalue weighted by molar-refractivity contribution is 9.21. The smallest absolute Gasteiger partial charge is 0.229 e. The first kappa shape index (κ1) is 9.28. The number of aliphatic imine (C=N–C) groups is 1. The number of sulfone groups is 1. The van der Waals surface area contributed by atoms with Gasteiger partial charge >= 0.3 is 0 Å². The van der Waals surface area contributed by atoms with Crippen LogP contribution >= 0.6 is 27.7 Å². The quantitative estimate of drug-likeness (QED) is 0.749. The van der Waals surface area contributed by atoms with Crippen LogP contribution in [0.5, 0.6) is 0 Å². The van der Waals surface area contributed by atoms with Crippen LogP contribution in [-0.2, 0) is 9.84 Å². The highest BCUT2D eigenvalue weighted by Crippen LogP contribution is 2.22. The van der Waals surface area contributed by atoms with Crippen molar-refractivity contribution in [1.82, 2.24) is 0 Å². The summed E-state index contributed by atoms with van der Waals surface area (Å²) in [6.07, 6.45) is 3.23. The molecule has 1 heterocycles. The number of thioether (sulfide) groups is 1. The molecule has 6 heteroatoms. The molecule has 0 bridgehead atoms. The van der Waals surface area contributed by atoms with Crippen LogP contribution in [0.25, 0.3) is 0 Å². The molecule has 0 aromatic carbocycles.